The largest absolute Gasteiger partial charge is 0.297 e. The topological polar surface area (TPSA) is 72.5 Å². The lowest BCUT2D eigenvalue weighted by atomic mass is 10.2. The normalized spacial score (nSPS) is 12.0. The summed E-state index contributed by atoms with van der Waals surface area (Å²) in [6, 6.07) is 13.5. The van der Waals surface area contributed by atoms with Crippen LogP contribution in [0.15, 0.2) is 63.4 Å². The van der Waals surface area contributed by atoms with Gasteiger partial charge in [-0.2, -0.15) is 0 Å². The first kappa shape index (κ1) is 24.2. The Labute approximate surface area is 203 Å². The number of nitrogens with zero attached hydrogens (tertiary/aromatic N) is 5. The van der Waals surface area contributed by atoms with E-state index >= 15 is 0 Å². The molecule has 0 spiro atoms. The van der Waals surface area contributed by atoms with Crippen molar-refractivity contribution in [3.8, 4) is 0 Å². The van der Waals surface area contributed by atoms with Crippen molar-refractivity contribution in [2.45, 2.75) is 64.2 Å². The third-order valence-corrected chi connectivity index (χ3v) is 6.97. The number of hydrogen-bond donors (Lipinski definition) is 0. The molecule has 7 nitrogen and oxygen atoms in total. The number of rotatable bonds is 8. The summed E-state index contributed by atoms with van der Waals surface area (Å²) in [5, 5.41) is 1.26. The van der Waals surface area contributed by atoms with Crippen LogP contribution in [0, 0.1) is 6.92 Å². The highest BCUT2D eigenvalue weighted by atomic mass is 32.2. The summed E-state index contributed by atoms with van der Waals surface area (Å²) < 4.78 is 3.31. The van der Waals surface area contributed by atoms with E-state index in [1.165, 1.54) is 16.2 Å². The van der Waals surface area contributed by atoms with E-state index in [-0.39, 0.29) is 11.1 Å². The molecule has 3 aromatic heterocycles. The lowest BCUT2D eigenvalue weighted by Crippen LogP contribution is -2.40. The molecule has 0 aliphatic carbocycles. The van der Waals surface area contributed by atoms with Gasteiger partial charge < -0.3 is 0 Å². The highest BCUT2D eigenvalue weighted by Gasteiger charge is 2.17. The third kappa shape index (κ3) is 5.08. The van der Waals surface area contributed by atoms with Crippen LogP contribution in [0.3, 0.4) is 0 Å². The zero-order valence-electron chi connectivity index (χ0n) is 20.4. The monoisotopic (exact) mass is 477 g/mol. The Morgan fingerprint density at radius 3 is 2.47 bits per heavy atom. The lowest BCUT2D eigenvalue weighted by Gasteiger charge is -2.30. The van der Waals surface area contributed by atoms with Crippen LogP contribution in [0.2, 0.25) is 0 Å². The predicted molar refractivity (Wildman–Crippen MR) is 139 cm³/mol. The first-order valence-corrected chi connectivity index (χ1v) is 12.6. The highest BCUT2D eigenvalue weighted by molar-refractivity contribution is 7.98. The van der Waals surface area contributed by atoms with Crippen molar-refractivity contribution < 1.29 is 0 Å². The van der Waals surface area contributed by atoms with Gasteiger partial charge in [0.1, 0.15) is 5.65 Å². The fourth-order valence-corrected chi connectivity index (χ4v) is 5.17. The van der Waals surface area contributed by atoms with Crippen LogP contribution in [-0.2, 0) is 12.3 Å². The SMILES string of the molecule is Cc1ccn2c(=O)cc(CSc3nc4ccccc4c(=O)n3CCN(C(C)C)C(C)C)nc2c1. The summed E-state index contributed by atoms with van der Waals surface area (Å²) in [5.41, 5.74) is 2.85. The maximum absolute atomic E-state index is 13.4. The van der Waals surface area contributed by atoms with E-state index in [0.717, 1.165) is 12.1 Å². The Morgan fingerprint density at radius 2 is 1.74 bits per heavy atom. The van der Waals surface area contributed by atoms with E-state index in [9.17, 15) is 9.59 Å². The van der Waals surface area contributed by atoms with Gasteiger partial charge in [-0.25, -0.2) is 9.97 Å². The van der Waals surface area contributed by atoms with Crippen LogP contribution in [0.4, 0.5) is 0 Å². The van der Waals surface area contributed by atoms with Gasteiger partial charge in [0, 0.05) is 43.2 Å². The summed E-state index contributed by atoms with van der Waals surface area (Å²) in [7, 11) is 0. The molecule has 0 aliphatic heterocycles. The van der Waals surface area contributed by atoms with Crippen molar-refractivity contribution in [3.05, 3.63) is 80.6 Å². The molecular formula is C26H31N5O2S. The van der Waals surface area contributed by atoms with E-state index < -0.39 is 0 Å². The molecule has 178 valence electrons. The predicted octanol–water partition coefficient (Wildman–Crippen LogP) is 4.12. The minimum absolute atomic E-state index is 0.0391. The van der Waals surface area contributed by atoms with Gasteiger partial charge in [0.05, 0.1) is 16.6 Å². The average molecular weight is 478 g/mol. The standard InChI is InChI=1S/C26H31N5O2S/c1-17(2)29(18(3)4)12-13-31-25(33)21-8-6-7-9-22(21)28-26(31)34-16-20-15-24(32)30-11-10-19(5)14-23(30)27-20/h6-11,14-15,17-18H,12-13,16H2,1-5H3. The Bertz CT molecular complexity index is 1430. The number of aromatic nitrogens is 4. The summed E-state index contributed by atoms with van der Waals surface area (Å²) in [6.45, 7) is 11.9. The molecular weight excluding hydrogens is 446 g/mol. The van der Waals surface area contributed by atoms with Crippen molar-refractivity contribution in [2.75, 3.05) is 6.54 Å². The molecule has 8 heteroatoms. The van der Waals surface area contributed by atoms with E-state index in [1.54, 1.807) is 16.8 Å². The summed E-state index contributed by atoms with van der Waals surface area (Å²) in [6.07, 6.45) is 1.74. The molecule has 0 fully saturated rings. The molecule has 3 heterocycles. The van der Waals surface area contributed by atoms with Crippen molar-refractivity contribution in [3.63, 3.8) is 0 Å². The second kappa shape index (κ2) is 10.1. The molecule has 0 radical (unpaired) electrons. The van der Waals surface area contributed by atoms with E-state index in [0.29, 0.717) is 51.8 Å². The minimum atomic E-state index is -0.117. The smallest absolute Gasteiger partial charge is 0.262 e. The third-order valence-electron chi connectivity index (χ3n) is 5.96. The molecule has 1 aromatic carbocycles. The first-order chi connectivity index (χ1) is 16.2. The van der Waals surface area contributed by atoms with E-state index in [4.69, 9.17) is 4.98 Å². The zero-order chi connectivity index (χ0) is 24.4. The van der Waals surface area contributed by atoms with Gasteiger partial charge >= 0.3 is 0 Å². The van der Waals surface area contributed by atoms with Gasteiger partial charge in [0.15, 0.2) is 5.16 Å². The summed E-state index contributed by atoms with van der Waals surface area (Å²) in [5.74, 6) is 0.447. The molecule has 0 saturated carbocycles. The van der Waals surface area contributed by atoms with Crippen molar-refractivity contribution in [1.82, 2.24) is 23.8 Å². The average Bonchev–Trinajstić information content (AvgIpc) is 2.78. The molecule has 34 heavy (non-hydrogen) atoms. The summed E-state index contributed by atoms with van der Waals surface area (Å²) in [4.78, 5) is 37.8. The van der Waals surface area contributed by atoms with Crippen molar-refractivity contribution >= 4 is 28.3 Å². The first-order valence-electron chi connectivity index (χ1n) is 11.6. The highest BCUT2D eigenvalue weighted by Crippen LogP contribution is 2.22. The number of para-hydroxylation sites is 1. The van der Waals surface area contributed by atoms with E-state index in [1.807, 2.05) is 43.3 Å². The number of thioether (sulfide) groups is 1. The number of benzene rings is 1. The Morgan fingerprint density at radius 1 is 1.00 bits per heavy atom. The number of pyridine rings is 1. The molecule has 0 bridgehead atoms. The van der Waals surface area contributed by atoms with Crippen molar-refractivity contribution in [1.29, 1.82) is 0 Å². The van der Waals surface area contributed by atoms with Gasteiger partial charge in [0.25, 0.3) is 11.1 Å². The molecule has 0 aliphatic rings. The quantitative estimate of drug-likeness (QED) is 0.281. The van der Waals surface area contributed by atoms with Crippen LogP contribution in [-0.4, -0.2) is 42.5 Å². The second-order valence-electron chi connectivity index (χ2n) is 9.10. The minimum Gasteiger partial charge on any atom is -0.297 e. The molecule has 4 rings (SSSR count). The van der Waals surface area contributed by atoms with Gasteiger partial charge in [-0.3, -0.25) is 23.5 Å². The molecule has 0 N–H and O–H groups in total. The van der Waals surface area contributed by atoms with Crippen molar-refractivity contribution in [2.24, 2.45) is 0 Å². The second-order valence-corrected chi connectivity index (χ2v) is 10.0. The van der Waals surface area contributed by atoms with Crippen LogP contribution in [0.5, 0.6) is 0 Å². The fraction of sp³-hybridized carbons (Fsp3) is 0.385. The van der Waals surface area contributed by atoms with Crippen LogP contribution in [0.1, 0.15) is 39.0 Å². The molecule has 0 unspecified atom stereocenters. The number of hydrogen-bond acceptors (Lipinski definition) is 6. The Balaban J connectivity index is 1.68. The maximum Gasteiger partial charge on any atom is 0.262 e. The van der Waals surface area contributed by atoms with Crippen LogP contribution in [0.25, 0.3) is 16.6 Å². The molecule has 0 atom stereocenters. The number of aryl methyl sites for hydroxylation is 1. The molecule has 0 saturated heterocycles. The number of fused-ring (bicyclic) bond motifs is 2. The Kier molecular flexibility index (Phi) is 7.19. The van der Waals surface area contributed by atoms with Crippen LogP contribution >= 0.6 is 11.8 Å². The van der Waals surface area contributed by atoms with E-state index in [2.05, 4.69) is 37.6 Å². The molecule has 4 aromatic rings. The molecule has 0 amide bonds. The van der Waals surface area contributed by atoms with Gasteiger partial charge in [-0.15, -0.1) is 0 Å². The fourth-order valence-electron chi connectivity index (χ4n) is 4.25. The Hall–Kier alpha value is -2.97. The van der Waals surface area contributed by atoms with Gasteiger partial charge in [0.2, 0.25) is 0 Å². The van der Waals surface area contributed by atoms with Crippen LogP contribution < -0.4 is 11.1 Å². The lowest BCUT2D eigenvalue weighted by molar-refractivity contribution is 0.166. The maximum atomic E-state index is 13.4. The van der Waals surface area contributed by atoms with Gasteiger partial charge in [-0.1, -0.05) is 23.9 Å². The summed E-state index contributed by atoms with van der Waals surface area (Å²) >= 11 is 1.44. The van der Waals surface area contributed by atoms with Gasteiger partial charge in [-0.05, 0) is 64.4 Å². The zero-order valence-corrected chi connectivity index (χ0v) is 21.2.